The summed E-state index contributed by atoms with van der Waals surface area (Å²) in [6, 6.07) is 3.66. The summed E-state index contributed by atoms with van der Waals surface area (Å²) in [6.07, 6.45) is 0.889. The molecule has 25 heavy (non-hydrogen) atoms. The zero-order valence-corrected chi connectivity index (χ0v) is 19.0. The van der Waals surface area contributed by atoms with Crippen molar-refractivity contribution in [3.05, 3.63) is 28.8 Å². The molecule has 6 heteroatoms. The van der Waals surface area contributed by atoms with Crippen molar-refractivity contribution in [2.45, 2.75) is 53.4 Å². The molecule has 0 aromatic heterocycles. The van der Waals surface area contributed by atoms with Gasteiger partial charge in [0.25, 0.3) is 0 Å². The minimum atomic E-state index is -4.89. The Bertz CT molecular complexity index is 575. The second-order valence-electron chi connectivity index (χ2n) is 7.52. The molecule has 0 amide bonds. The van der Waals surface area contributed by atoms with Gasteiger partial charge in [0.2, 0.25) is 0 Å². The van der Waals surface area contributed by atoms with Crippen LogP contribution in [0.25, 0.3) is 0 Å². The normalized spacial score (nSPS) is 14.4. The van der Waals surface area contributed by atoms with Crippen LogP contribution in [0.2, 0.25) is 0 Å². The summed E-state index contributed by atoms with van der Waals surface area (Å²) in [6.45, 7) is 12.5. The van der Waals surface area contributed by atoms with Gasteiger partial charge >= 0.3 is 162 Å². The van der Waals surface area contributed by atoms with Crippen LogP contribution in [0.3, 0.4) is 0 Å². The molecule has 146 valence electrons. The summed E-state index contributed by atoms with van der Waals surface area (Å²) in [5.74, 6) is 3.49. The van der Waals surface area contributed by atoms with Crippen LogP contribution in [-0.4, -0.2) is 43.9 Å². The second-order valence-corrected chi connectivity index (χ2v) is 13.5. The molecule has 0 radical (unpaired) electrons. The van der Waals surface area contributed by atoms with Gasteiger partial charge in [-0.15, -0.1) is 0 Å². The Hall–Kier alpha value is 0.230. The van der Waals surface area contributed by atoms with E-state index in [4.69, 9.17) is 0 Å². The van der Waals surface area contributed by atoms with Crippen LogP contribution < -0.4 is 5.30 Å². The molecule has 3 N–H and O–H groups in total. The fourth-order valence-corrected chi connectivity index (χ4v) is 7.43. The molecular formula is C19H35O3PS2. The molecule has 1 rings (SSSR count). The fraction of sp³-hybridized carbons (Fsp3) is 0.684. The summed E-state index contributed by atoms with van der Waals surface area (Å²) in [4.78, 5) is 32.8. The summed E-state index contributed by atoms with van der Waals surface area (Å²) in [5.41, 5.74) is 2.94. The molecule has 1 aromatic rings. The number of aryl methyl sites for hydroxylation is 1. The third kappa shape index (κ3) is 6.41. The Kier molecular flexibility index (Phi) is 8.33. The summed E-state index contributed by atoms with van der Waals surface area (Å²) in [5, 5.41) is 0.359. The van der Waals surface area contributed by atoms with E-state index in [9.17, 15) is 14.7 Å². The molecular weight excluding hydrogens is 371 g/mol. The molecule has 1 aromatic carbocycles. The standard InChI is InChI=1S/C19H35O3PS2/c1-7-24-13-11-16-15(3)9-10-17(18(16)19(4,5)6)23(20,21,22)12-14-25-8-2/h9-10,20-22H,7-8,11-14H2,1-6H3. The number of rotatable bonds is 9. The van der Waals surface area contributed by atoms with Crippen LogP contribution in [0.5, 0.6) is 0 Å². The van der Waals surface area contributed by atoms with Gasteiger partial charge in [-0.3, -0.25) is 0 Å². The van der Waals surface area contributed by atoms with Gasteiger partial charge < -0.3 is 0 Å². The van der Waals surface area contributed by atoms with Crippen LogP contribution in [0.4, 0.5) is 0 Å². The maximum absolute atomic E-state index is 10.9. The van der Waals surface area contributed by atoms with Crippen molar-refractivity contribution >= 4 is 36.1 Å². The summed E-state index contributed by atoms with van der Waals surface area (Å²) in [7, 11) is -4.89. The summed E-state index contributed by atoms with van der Waals surface area (Å²) < 4.78 is 0. The second kappa shape index (κ2) is 8.95. The number of hydrogen-bond donors (Lipinski definition) is 3. The molecule has 3 nitrogen and oxygen atoms in total. The predicted molar refractivity (Wildman–Crippen MR) is 118 cm³/mol. The van der Waals surface area contributed by atoms with Crippen molar-refractivity contribution < 1.29 is 14.7 Å². The maximum atomic E-state index is 10.9. The van der Waals surface area contributed by atoms with Gasteiger partial charge in [0.15, 0.2) is 0 Å². The van der Waals surface area contributed by atoms with E-state index < -0.39 is 7.28 Å². The SMILES string of the molecule is CCSCCc1c(C)ccc(P(O)(O)(O)CCSCC)c1C(C)(C)C. The average Bonchev–Trinajstić information content (AvgIpc) is 2.47. The van der Waals surface area contributed by atoms with Gasteiger partial charge in [0.1, 0.15) is 0 Å². The van der Waals surface area contributed by atoms with Gasteiger partial charge in [-0.05, 0) is 0 Å². The van der Waals surface area contributed by atoms with E-state index in [2.05, 4.69) is 34.6 Å². The molecule has 0 aliphatic carbocycles. The monoisotopic (exact) mass is 406 g/mol. The van der Waals surface area contributed by atoms with E-state index in [1.165, 1.54) is 0 Å². The van der Waals surface area contributed by atoms with Crippen LogP contribution >= 0.6 is 30.8 Å². The molecule has 0 saturated heterocycles. The minimum absolute atomic E-state index is 0.0133. The number of hydrogen-bond acceptors (Lipinski definition) is 5. The Labute approximate surface area is 162 Å². The Balaban J connectivity index is 3.46. The molecule has 0 aliphatic rings. The average molecular weight is 407 g/mol. The quantitative estimate of drug-likeness (QED) is 0.423. The van der Waals surface area contributed by atoms with Gasteiger partial charge in [-0.2, -0.15) is 0 Å². The van der Waals surface area contributed by atoms with Crippen molar-refractivity contribution in [2.24, 2.45) is 0 Å². The molecule has 0 unspecified atom stereocenters. The molecule has 0 aliphatic heterocycles. The van der Waals surface area contributed by atoms with E-state index >= 15 is 0 Å². The molecule has 0 spiro atoms. The van der Waals surface area contributed by atoms with Gasteiger partial charge in [0, 0.05) is 0 Å². The summed E-state index contributed by atoms with van der Waals surface area (Å²) >= 11 is 3.50. The Morgan fingerprint density at radius 1 is 0.960 bits per heavy atom. The van der Waals surface area contributed by atoms with Crippen molar-refractivity contribution in [1.82, 2.24) is 0 Å². The van der Waals surface area contributed by atoms with Crippen LogP contribution in [0.15, 0.2) is 12.1 Å². The number of benzene rings is 1. The predicted octanol–water partition coefficient (Wildman–Crippen LogP) is 4.24. The van der Waals surface area contributed by atoms with E-state index in [0.29, 0.717) is 11.1 Å². The molecule has 0 heterocycles. The van der Waals surface area contributed by atoms with Gasteiger partial charge in [-0.25, -0.2) is 0 Å². The van der Waals surface area contributed by atoms with Crippen molar-refractivity contribution in [2.75, 3.05) is 29.2 Å². The van der Waals surface area contributed by atoms with Crippen LogP contribution in [0.1, 0.15) is 51.3 Å². The first-order valence-corrected chi connectivity index (χ1v) is 13.6. The van der Waals surface area contributed by atoms with Gasteiger partial charge in [-0.1, -0.05) is 0 Å². The third-order valence-corrected chi connectivity index (χ3v) is 8.83. The van der Waals surface area contributed by atoms with E-state index in [1.807, 2.05) is 24.8 Å². The first kappa shape index (κ1) is 23.3. The molecule has 0 fully saturated rings. The fourth-order valence-electron chi connectivity index (χ4n) is 3.10. The van der Waals surface area contributed by atoms with Gasteiger partial charge in [0.05, 0.1) is 0 Å². The zero-order chi connectivity index (χ0) is 19.3. The molecule has 0 atom stereocenters. The van der Waals surface area contributed by atoms with E-state index in [0.717, 1.165) is 40.4 Å². The molecule has 0 saturated carbocycles. The van der Waals surface area contributed by atoms with E-state index in [1.54, 1.807) is 17.8 Å². The third-order valence-electron chi connectivity index (χ3n) is 4.32. The Morgan fingerprint density at radius 3 is 2.04 bits per heavy atom. The van der Waals surface area contributed by atoms with Crippen molar-refractivity contribution in [3.8, 4) is 0 Å². The first-order chi connectivity index (χ1) is 11.4. The topological polar surface area (TPSA) is 60.7 Å². The van der Waals surface area contributed by atoms with E-state index in [-0.39, 0.29) is 11.6 Å². The number of thioether (sulfide) groups is 2. The van der Waals surface area contributed by atoms with Crippen LogP contribution in [-0.2, 0) is 11.8 Å². The molecule has 0 bridgehead atoms. The van der Waals surface area contributed by atoms with Crippen molar-refractivity contribution in [1.29, 1.82) is 0 Å². The zero-order valence-electron chi connectivity index (χ0n) is 16.5. The Morgan fingerprint density at radius 2 is 1.52 bits per heavy atom. The van der Waals surface area contributed by atoms with Crippen molar-refractivity contribution in [3.63, 3.8) is 0 Å². The first-order valence-electron chi connectivity index (χ1n) is 8.97. The van der Waals surface area contributed by atoms with Crippen LogP contribution in [0, 0.1) is 6.92 Å².